The van der Waals surface area contributed by atoms with Crippen LogP contribution in [0.25, 0.3) is 0 Å². The Morgan fingerprint density at radius 1 is 1.17 bits per heavy atom. The van der Waals surface area contributed by atoms with E-state index in [2.05, 4.69) is 5.32 Å². The largest absolute Gasteiger partial charge is 0.497 e. The van der Waals surface area contributed by atoms with Crippen molar-refractivity contribution in [3.8, 4) is 11.5 Å². The third-order valence-corrected chi connectivity index (χ3v) is 3.12. The van der Waals surface area contributed by atoms with Gasteiger partial charge in [0.1, 0.15) is 18.1 Å². The molecular formula is C14H21NO3. The van der Waals surface area contributed by atoms with Crippen LogP contribution in [-0.2, 0) is 4.74 Å². The van der Waals surface area contributed by atoms with Crippen molar-refractivity contribution >= 4 is 0 Å². The molecule has 0 saturated carbocycles. The number of hydrogen-bond acceptors (Lipinski definition) is 4. The van der Waals surface area contributed by atoms with Gasteiger partial charge in [0, 0.05) is 6.54 Å². The minimum Gasteiger partial charge on any atom is -0.497 e. The molecule has 2 atom stereocenters. The molecule has 0 amide bonds. The molecule has 4 nitrogen and oxygen atoms in total. The summed E-state index contributed by atoms with van der Waals surface area (Å²) in [5.74, 6) is 1.70. The highest BCUT2D eigenvalue weighted by atomic mass is 16.5. The minimum absolute atomic E-state index is 0.213. The molecule has 4 heteroatoms. The lowest BCUT2D eigenvalue weighted by atomic mass is 10.2. The van der Waals surface area contributed by atoms with Crippen LogP contribution < -0.4 is 14.8 Å². The van der Waals surface area contributed by atoms with Gasteiger partial charge in [0.05, 0.1) is 19.3 Å². The van der Waals surface area contributed by atoms with Gasteiger partial charge in [-0.2, -0.15) is 0 Å². The van der Waals surface area contributed by atoms with Crippen LogP contribution in [-0.4, -0.2) is 39.5 Å². The van der Waals surface area contributed by atoms with Gasteiger partial charge in [-0.05, 0) is 44.2 Å². The number of methoxy groups -OCH3 is 1. The van der Waals surface area contributed by atoms with Gasteiger partial charge >= 0.3 is 0 Å². The van der Waals surface area contributed by atoms with Crippen LogP contribution in [0.4, 0.5) is 0 Å². The van der Waals surface area contributed by atoms with Crippen molar-refractivity contribution in [2.24, 2.45) is 0 Å². The maximum absolute atomic E-state index is 5.86. The molecule has 1 N–H and O–H groups in total. The Morgan fingerprint density at radius 2 is 1.83 bits per heavy atom. The van der Waals surface area contributed by atoms with E-state index in [0.717, 1.165) is 30.9 Å². The van der Waals surface area contributed by atoms with Gasteiger partial charge < -0.3 is 19.5 Å². The quantitative estimate of drug-likeness (QED) is 0.837. The van der Waals surface area contributed by atoms with Crippen molar-refractivity contribution in [2.45, 2.75) is 25.0 Å². The fourth-order valence-electron chi connectivity index (χ4n) is 2.14. The summed E-state index contributed by atoms with van der Waals surface area (Å²) in [5.41, 5.74) is 0. The molecule has 1 heterocycles. The Balaban J connectivity index is 1.74. The predicted molar refractivity (Wildman–Crippen MR) is 70.3 cm³/mol. The predicted octanol–water partition coefficient (Wildman–Crippen LogP) is 1.84. The van der Waals surface area contributed by atoms with Crippen molar-refractivity contribution in [2.75, 3.05) is 27.3 Å². The summed E-state index contributed by atoms with van der Waals surface area (Å²) in [4.78, 5) is 0. The normalized spacial score (nSPS) is 23.0. The average molecular weight is 251 g/mol. The van der Waals surface area contributed by atoms with E-state index < -0.39 is 0 Å². The molecular weight excluding hydrogens is 230 g/mol. The number of benzene rings is 1. The summed E-state index contributed by atoms with van der Waals surface area (Å²) in [6.07, 6.45) is 2.73. The second kappa shape index (κ2) is 6.61. The van der Waals surface area contributed by atoms with Crippen LogP contribution in [0.5, 0.6) is 11.5 Å². The highest BCUT2D eigenvalue weighted by Gasteiger charge is 2.24. The first-order chi connectivity index (χ1) is 8.81. The lowest BCUT2D eigenvalue weighted by molar-refractivity contribution is 0.0193. The van der Waals surface area contributed by atoms with E-state index in [-0.39, 0.29) is 6.10 Å². The van der Waals surface area contributed by atoms with Gasteiger partial charge in [0.2, 0.25) is 0 Å². The molecule has 0 bridgehead atoms. The van der Waals surface area contributed by atoms with E-state index in [1.165, 1.54) is 0 Å². The van der Waals surface area contributed by atoms with Crippen molar-refractivity contribution in [3.63, 3.8) is 0 Å². The maximum Gasteiger partial charge on any atom is 0.119 e. The van der Waals surface area contributed by atoms with E-state index in [0.29, 0.717) is 12.7 Å². The van der Waals surface area contributed by atoms with Crippen LogP contribution in [0, 0.1) is 0 Å². The molecule has 100 valence electrons. The molecule has 1 saturated heterocycles. The number of likely N-dealkylation sites (N-methyl/N-ethyl adjacent to an activating group) is 1. The molecule has 2 unspecified atom stereocenters. The van der Waals surface area contributed by atoms with Gasteiger partial charge in [-0.1, -0.05) is 0 Å². The first-order valence-corrected chi connectivity index (χ1v) is 6.38. The maximum atomic E-state index is 5.86. The Hall–Kier alpha value is -1.26. The van der Waals surface area contributed by atoms with E-state index in [1.807, 2.05) is 31.3 Å². The lowest BCUT2D eigenvalue weighted by Crippen LogP contribution is -2.25. The first-order valence-electron chi connectivity index (χ1n) is 6.38. The molecule has 1 aliphatic rings. The fraction of sp³-hybridized carbons (Fsp3) is 0.571. The number of nitrogens with one attached hydrogen (secondary N) is 1. The number of ether oxygens (including phenoxy) is 3. The summed E-state index contributed by atoms with van der Waals surface area (Å²) >= 11 is 0. The van der Waals surface area contributed by atoms with Crippen LogP contribution in [0.3, 0.4) is 0 Å². The van der Waals surface area contributed by atoms with Crippen LogP contribution in [0.1, 0.15) is 12.8 Å². The summed E-state index contributed by atoms with van der Waals surface area (Å²) in [6.45, 7) is 1.53. The molecule has 1 aromatic carbocycles. The zero-order valence-electron chi connectivity index (χ0n) is 11.0. The van der Waals surface area contributed by atoms with Crippen LogP contribution in [0.15, 0.2) is 24.3 Å². The van der Waals surface area contributed by atoms with Gasteiger partial charge in [0.25, 0.3) is 0 Å². The molecule has 2 rings (SSSR count). The third-order valence-electron chi connectivity index (χ3n) is 3.12. The van der Waals surface area contributed by atoms with E-state index >= 15 is 0 Å². The Bertz CT molecular complexity index is 353. The second-order valence-corrected chi connectivity index (χ2v) is 4.50. The number of hydrogen-bond donors (Lipinski definition) is 1. The van der Waals surface area contributed by atoms with Crippen LogP contribution >= 0.6 is 0 Å². The smallest absolute Gasteiger partial charge is 0.119 e. The zero-order chi connectivity index (χ0) is 12.8. The molecule has 0 spiro atoms. The van der Waals surface area contributed by atoms with Crippen molar-refractivity contribution in [1.29, 1.82) is 0 Å². The van der Waals surface area contributed by atoms with E-state index in [1.54, 1.807) is 7.11 Å². The summed E-state index contributed by atoms with van der Waals surface area (Å²) in [6, 6.07) is 7.63. The molecule has 1 fully saturated rings. The minimum atomic E-state index is 0.213. The number of rotatable bonds is 6. The monoisotopic (exact) mass is 251 g/mol. The first kappa shape index (κ1) is 13.2. The van der Waals surface area contributed by atoms with Gasteiger partial charge in [-0.25, -0.2) is 0 Å². The zero-order valence-corrected chi connectivity index (χ0v) is 11.0. The average Bonchev–Trinajstić information content (AvgIpc) is 2.85. The summed E-state index contributed by atoms with van der Waals surface area (Å²) < 4.78 is 16.7. The Labute approximate surface area is 108 Å². The molecule has 1 aliphatic heterocycles. The summed E-state index contributed by atoms with van der Waals surface area (Å²) in [7, 11) is 3.61. The molecule has 0 radical (unpaired) electrons. The van der Waals surface area contributed by atoms with Gasteiger partial charge in [-0.3, -0.25) is 0 Å². The standard InChI is InChI=1S/C14H21NO3/c1-15-9-13-7-8-14(18-13)10-17-12-5-3-11(16-2)4-6-12/h3-6,13-15H,7-10H2,1-2H3. The topological polar surface area (TPSA) is 39.7 Å². The van der Waals surface area contributed by atoms with Crippen LogP contribution in [0.2, 0.25) is 0 Å². The van der Waals surface area contributed by atoms with Crippen molar-refractivity contribution in [3.05, 3.63) is 24.3 Å². The lowest BCUT2D eigenvalue weighted by Gasteiger charge is -2.14. The second-order valence-electron chi connectivity index (χ2n) is 4.50. The third kappa shape index (κ3) is 3.62. The van der Waals surface area contributed by atoms with E-state index in [9.17, 15) is 0 Å². The SMILES string of the molecule is CNCC1CCC(COc2ccc(OC)cc2)O1. The molecule has 0 aliphatic carbocycles. The fourth-order valence-corrected chi connectivity index (χ4v) is 2.14. The molecule has 1 aromatic rings. The van der Waals surface area contributed by atoms with Gasteiger partial charge in [-0.15, -0.1) is 0 Å². The van der Waals surface area contributed by atoms with Crippen molar-refractivity contribution in [1.82, 2.24) is 5.32 Å². The molecule has 0 aromatic heterocycles. The van der Waals surface area contributed by atoms with E-state index in [4.69, 9.17) is 14.2 Å². The van der Waals surface area contributed by atoms with Gasteiger partial charge in [0.15, 0.2) is 0 Å². The highest BCUT2D eigenvalue weighted by Crippen LogP contribution is 2.22. The molecule has 18 heavy (non-hydrogen) atoms. The summed E-state index contributed by atoms with van der Waals surface area (Å²) in [5, 5.41) is 3.14. The Morgan fingerprint density at radius 3 is 2.50 bits per heavy atom. The highest BCUT2D eigenvalue weighted by molar-refractivity contribution is 5.31. The Kier molecular flexibility index (Phi) is 4.84. The van der Waals surface area contributed by atoms with Crippen molar-refractivity contribution < 1.29 is 14.2 Å².